The van der Waals surface area contributed by atoms with E-state index in [0.717, 1.165) is 0 Å². The summed E-state index contributed by atoms with van der Waals surface area (Å²) in [7, 11) is 0. The van der Waals surface area contributed by atoms with Crippen LogP contribution in [0.1, 0.15) is 17.1 Å². The Bertz CT molecular complexity index is 801. The fourth-order valence-electron chi connectivity index (χ4n) is 1.87. The van der Waals surface area contributed by atoms with Crippen molar-refractivity contribution in [2.75, 3.05) is 5.32 Å². The zero-order valence-electron chi connectivity index (χ0n) is 11.9. The average molecular weight is 335 g/mol. The van der Waals surface area contributed by atoms with E-state index in [1.54, 1.807) is 32.0 Å². The minimum atomic E-state index is -0.529. The summed E-state index contributed by atoms with van der Waals surface area (Å²) in [6, 6.07) is 8.34. The first kappa shape index (κ1) is 16.2. The molecule has 0 aliphatic heterocycles. The van der Waals surface area contributed by atoms with E-state index in [1.807, 2.05) is 6.07 Å². The van der Waals surface area contributed by atoms with Crippen molar-refractivity contribution in [3.8, 4) is 6.07 Å². The number of nitrogens with one attached hydrogen (secondary N) is 1. The SMILES string of the molecule is Cc1cc(/C=C(/C#N)C(=O)Nc2ccc(Cl)c(Cl)c2)c(C)o1. The molecule has 0 aliphatic rings. The van der Waals surface area contributed by atoms with Crippen molar-refractivity contribution < 1.29 is 9.21 Å². The highest BCUT2D eigenvalue weighted by Crippen LogP contribution is 2.25. The van der Waals surface area contributed by atoms with E-state index in [0.29, 0.717) is 32.8 Å². The van der Waals surface area contributed by atoms with Crippen LogP contribution in [0.5, 0.6) is 0 Å². The summed E-state index contributed by atoms with van der Waals surface area (Å²) < 4.78 is 5.37. The maximum absolute atomic E-state index is 12.2. The van der Waals surface area contributed by atoms with Crippen molar-refractivity contribution in [2.24, 2.45) is 0 Å². The number of carbonyl (C=O) groups excluding carboxylic acids is 1. The molecule has 1 aromatic heterocycles. The normalized spacial score (nSPS) is 11.1. The first-order valence-electron chi connectivity index (χ1n) is 6.36. The van der Waals surface area contributed by atoms with Gasteiger partial charge in [0.05, 0.1) is 10.0 Å². The third-order valence-corrected chi connectivity index (χ3v) is 3.66. The van der Waals surface area contributed by atoms with E-state index in [2.05, 4.69) is 5.32 Å². The van der Waals surface area contributed by atoms with Gasteiger partial charge in [0.1, 0.15) is 23.2 Å². The van der Waals surface area contributed by atoms with E-state index in [-0.39, 0.29) is 5.57 Å². The molecule has 0 atom stereocenters. The lowest BCUT2D eigenvalue weighted by Gasteiger charge is -2.05. The van der Waals surface area contributed by atoms with Gasteiger partial charge in [-0.1, -0.05) is 23.2 Å². The monoisotopic (exact) mass is 334 g/mol. The number of hydrogen-bond donors (Lipinski definition) is 1. The minimum Gasteiger partial charge on any atom is -0.466 e. The third-order valence-electron chi connectivity index (χ3n) is 2.92. The summed E-state index contributed by atoms with van der Waals surface area (Å²) in [4.78, 5) is 12.2. The molecule has 4 nitrogen and oxygen atoms in total. The molecule has 0 radical (unpaired) electrons. The van der Waals surface area contributed by atoms with Gasteiger partial charge in [0.25, 0.3) is 5.91 Å². The van der Waals surface area contributed by atoms with Gasteiger partial charge in [-0.05, 0) is 44.2 Å². The molecule has 0 saturated carbocycles. The molecule has 0 fully saturated rings. The van der Waals surface area contributed by atoms with Gasteiger partial charge < -0.3 is 9.73 Å². The van der Waals surface area contributed by atoms with Crippen LogP contribution in [0.15, 0.2) is 34.3 Å². The number of aryl methyl sites for hydroxylation is 2. The van der Waals surface area contributed by atoms with Crippen molar-refractivity contribution in [1.82, 2.24) is 0 Å². The average Bonchev–Trinajstić information content (AvgIpc) is 2.78. The Morgan fingerprint density at radius 2 is 2.00 bits per heavy atom. The number of hydrogen-bond acceptors (Lipinski definition) is 3. The minimum absolute atomic E-state index is 0.0324. The van der Waals surface area contributed by atoms with E-state index < -0.39 is 5.91 Å². The number of benzene rings is 1. The van der Waals surface area contributed by atoms with E-state index >= 15 is 0 Å². The van der Waals surface area contributed by atoms with Crippen LogP contribution in [0.2, 0.25) is 10.0 Å². The Balaban J connectivity index is 2.24. The van der Waals surface area contributed by atoms with Gasteiger partial charge in [-0.25, -0.2) is 0 Å². The lowest BCUT2D eigenvalue weighted by molar-refractivity contribution is -0.112. The molecule has 22 heavy (non-hydrogen) atoms. The first-order valence-corrected chi connectivity index (χ1v) is 7.11. The highest BCUT2D eigenvalue weighted by atomic mass is 35.5. The molecular weight excluding hydrogens is 323 g/mol. The van der Waals surface area contributed by atoms with Crippen molar-refractivity contribution >= 4 is 40.9 Å². The van der Waals surface area contributed by atoms with Gasteiger partial charge in [-0.3, -0.25) is 4.79 Å². The topological polar surface area (TPSA) is 66.0 Å². The van der Waals surface area contributed by atoms with Crippen LogP contribution in [0.4, 0.5) is 5.69 Å². The molecule has 6 heteroatoms. The molecule has 1 heterocycles. The lowest BCUT2D eigenvalue weighted by atomic mass is 10.1. The van der Waals surface area contributed by atoms with Crippen LogP contribution >= 0.6 is 23.2 Å². The van der Waals surface area contributed by atoms with Gasteiger partial charge in [0, 0.05) is 11.3 Å². The number of anilines is 1. The van der Waals surface area contributed by atoms with Gasteiger partial charge in [-0.15, -0.1) is 0 Å². The second-order valence-corrected chi connectivity index (χ2v) is 5.44. The van der Waals surface area contributed by atoms with E-state index in [4.69, 9.17) is 27.6 Å². The van der Waals surface area contributed by atoms with Crippen molar-refractivity contribution in [1.29, 1.82) is 5.26 Å². The molecular formula is C16H12Cl2N2O2. The molecule has 1 N–H and O–H groups in total. The molecule has 0 unspecified atom stereocenters. The van der Waals surface area contributed by atoms with E-state index in [9.17, 15) is 10.1 Å². The molecule has 0 aliphatic carbocycles. The van der Waals surface area contributed by atoms with Crippen LogP contribution in [0.3, 0.4) is 0 Å². The number of amides is 1. The van der Waals surface area contributed by atoms with Crippen molar-refractivity contribution in [2.45, 2.75) is 13.8 Å². The smallest absolute Gasteiger partial charge is 0.266 e. The molecule has 112 valence electrons. The van der Waals surface area contributed by atoms with Gasteiger partial charge in [-0.2, -0.15) is 5.26 Å². The predicted octanol–water partition coefficient (Wildman–Crippen LogP) is 4.75. The first-order chi connectivity index (χ1) is 10.4. The van der Waals surface area contributed by atoms with Crippen molar-refractivity contribution in [3.63, 3.8) is 0 Å². The van der Waals surface area contributed by atoms with Crippen LogP contribution in [-0.4, -0.2) is 5.91 Å². The largest absolute Gasteiger partial charge is 0.466 e. The maximum Gasteiger partial charge on any atom is 0.266 e. The van der Waals surface area contributed by atoms with Gasteiger partial charge >= 0.3 is 0 Å². The second kappa shape index (κ2) is 6.69. The van der Waals surface area contributed by atoms with Gasteiger partial charge in [0.2, 0.25) is 0 Å². The lowest BCUT2D eigenvalue weighted by Crippen LogP contribution is -2.13. The Morgan fingerprint density at radius 1 is 1.27 bits per heavy atom. The zero-order chi connectivity index (χ0) is 16.3. The Kier molecular flexibility index (Phi) is 4.92. The summed E-state index contributed by atoms with van der Waals surface area (Å²) in [5.41, 5.74) is 1.12. The van der Waals surface area contributed by atoms with Crippen LogP contribution in [0.25, 0.3) is 6.08 Å². The second-order valence-electron chi connectivity index (χ2n) is 4.62. The third kappa shape index (κ3) is 3.70. The van der Waals surface area contributed by atoms with Gasteiger partial charge in [0.15, 0.2) is 0 Å². The molecule has 2 rings (SSSR count). The molecule has 0 spiro atoms. The molecule has 1 aromatic carbocycles. The highest BCUT2D eigenvalue weighted by molar-refractivity contribution is 6.42. The summed E-state index contributed by atoms with van der Waals surface area (Å²) in [6.45, 7) is 3.57. The van der Waals surface area contributed by atoms with Crippen LogP contribution < -0.4 is 5.32 Å². The summed E-state index contributed by atoms with van der Waals surface area (Å²) >= 11 is 11.7. The van der Waals surface area contributed by atoms with E-state index in [1.165, 1.54) is 12.1 Å². The standard InChI is InChI=1S/C16H12Cl2N2O2/c1-9-5-11(10(2)22-9)6-12(8-19)16(21)20-13-3-4-14(17)15(18)7-13/h3-7H,1-2H3,(H,20,21)/b12-6-. The highest BCUT2D eigenvalue weighted by Gasteiger charge is 2.12. The van der Waals surface area contributed by atoms with Crippen LogP contribution in [0, 0.1) is 25.2 Å². The summed E-state index contributed by atoms with van der Waals surface area (Å²) in [5.74, 6) is 0.831. The maximum atomic E-state index is 12.2. The number of rotatable bonds is 3. The Labute approximate surface area is 137 Å². The molecule has 0 saturated heterocycles. The summed E-state index contributed by atoms with van der Waals surface area (Å²) in [6.07, 6.45) is 1.48. The molecule has 2 aromatic rings. The van der Waals surface area contributed by atoms with Crippen molar-refractivity contribution in [3.05, 3.63) is 57.0 Å². The predicted molar refractivity (Wildman–Crippen MR) is 86.9 cm³/mol. The number of nitriles is 1. The number of halogens is 2. The quantitative estimate of drug-likeness (QED) is 0.650. The zero-order valence-corrected chi connectivity index (χ0v) is 13.4. The number of furan rings is 1. The molecule has 0 bridgehead atoms. The number of carbonyl (C=O) groups is 1. The van der Waals surface area contributed by atoms with Crippen LogP contribution in [-0.2, 0) is 4.79 Å². The number of nitrogens with zero attached hydrogens (tertiary/aromatic N) is 1. The summed E-state index contributed by atoms with van der Waals surface area (Å²) in [5, 5.41) is 12.5. The molecule has 1 amide bonds. The fourth-order valence-corrected chi connectivity index (χ4v) is 2.17. The Morgan fingerprint density at radius 3 is 2.55 bits per heavy atom. The fraction of sp³-hybridized carbons (Fsp3) is 0.125. The Hall–Kier alpha value is -2.22.